The number of amides is 1. The molecule has 2 heterocycles. The maximum absolute atomic E-state index is 13.0. The third-order valence-electron chi connectivity index (χ3n) is 5.18. The SMILES string of the molecule is COc1ccc(Cl)cc1C(=O)N1CCN(c2nccn2-c2ccc(C)cc2)CC1. The number of hydrogen-bond acceptors (Lipinski definition) is 4. The minimum absolute atomic E-state index is 0.0640. The van der Waals surface area contributed by atoms with E-state index in [1.165, 1.54) is 5.56 Å². The van der Waals surface area contributed by atoms with Gasteiger partial charge in [0.1, 0.15) is 5.75 Å². The second-order valence-corrected chi connectivity index (χ2v) is 7.49. The predicted molar refractivity (Wildman–Crippen MR) is 114 cm³/mol. The molecule has 3 aromatic rings. The number of hydrogen-bond donors (Lipinski definition) is 0. The number of benzene rings is 2. The highest BCUT2D eigenvalue weighted by Gasteiger charge is 2.26. The van der Waals surface area contributed by atoms with Gasteiger partial charge in [-0.3, -0.25) is 9.36 Å². The van der Waals surface area contributed by atoms with Crippen LogP contribution in [0.3, 0.4) is 0 Å². The van der Waals surface area contributed by atoms with Crippen LogP contribution in [0.15, 0.2) is 54.9 Å². The van der Waals surface area contributed by atoms with E-state index in [4.69, 9.17) is 16.3 Å². The van der Waals surface area contributed by atoms with E-state index >= 15 is 0 Å². The van der Waals surface area contributed by atoms with Crippen LogP contribution in [0, 0.1) is 6.92 Å². The summed E-state index contributed by atoms with van der Waals surface area (Å²) in [6.45, 7) is 4.70. The van der Waals surface area contributed by atoms with Crippen LogP contribution < -0.4 is 9.64 Å². The van der Waals surface area contributed by atoms with Gasteiger partial charge in [0.15, 0.2) is 0 Å². The summed E-state index contributed by atoms with van der Waals surface area (Å²) in [5.41, 5.74) is 2.79. The summed E-state index contributed by atoms with van der Waals surface area (Å²) in [5.74, 6) is 1.36. The molecular formula is C22H23ClN4O2. The number of rotatable bonds is 4. The van der Waals surface area contributed by atoms with Crippen LogP contribution in [0.25, 0.3) is 5.69 Å². The normalized spacial score (nSPS) is 14.2. The van der Waals surface area contributed by atoms with Crippen molar-refractivity contribution in [2.24, 2.45) is 0 Å². The quantitative estimate of drug-likeness (QED) is 0.656. The molecule has 0 spiro atoms. The first-order chi connectivity index (χ1) is 14.1. The number of anilines is 1. The molecule has 0 radical (unpaired) electrons. The number of imidazole rings is 1. The van der Waals surface area contributed by atoms with Gasteiger partial charge >= 0.3 is 0 Å². The van der Waals surface area contributed by atoms with Gasteiger partial charge in [-0.1, -0.05) is 29.3 Å². The summed E-state index contributed by atoms with van der Waals surface area (Å²) in [6, 6.07) is 13.5. The summed E-state index contributed by atoms with van der Waals surface area (Å²) < 4.78 is 7.42. The average molecular weight is 411 g/mol. The zero-order valence-electron chi connectivity index (χ0n) is 16.5. The first-order valence-electron chi connectivity index (χ1n) is 9.55. The lowest BCUT2D eigenvalue weighted by molar-refractivity contribution is 0.0743. The molecule has 1 aliphatic rings. The molecule has 1 amide bonds. The number of aromatic nitrogens is 2. The zero-order valence-corrected chi connectivity index (χ0v) is 17.3. The number of nitrogens with zero attached hydrogens (tertiary/aromatic N) is 4. The molecule has 0 aliphatic carbocycles. The lowest BCUT2D eigenvalue weighted by Crippen LogP contribution is -2.49. The van der Waals surface area contributed by atoms with Crippen LogP contribution in [0.4, 0.5) is 5.95 Å². The smallest absolute Gasteiger partial charge is 0.257 e. The molecule has 150 valence electrons. The minimum atomic E-state index is -0.0640. The van der Waals surface area contributed by atoms with Gasteiger partial charge in [-0.25, -0.2) is 4.98 Å². The van der Waals surface area contributed by atoms with Crippen LogP contribution in [0.2, 0.25) is 5.02 Å². The van der Waals surface area contributed by atoms with E-state index in [0.717, 1.165) is 11.6 Å². The lowest BCUT2D eigenvalue weighted by atomic mass is 10.1. The highest BCUT2D eigenvalue weighted by molar-refractivity contribution is 6.31. The van der Waals surface area contributed by atoms with Crippen LogP contribution in [0.1, 0.15) is 15.9 Å². The maximum atomic E-state index is 13.0. The predicted octanol–water partition coefficient (Wildman–Crippen LogP) is 3.81. The molecule has 1 fully saturated rings. The Bertz CT molecular complexity index is 1010. The standard InChI is InChI=1S/C22H23ClN4O2/c1-16-3-6-18(7-4-16)27-10-9-24-22(27)26-13-11-25(12-14-26)21(28)19-15-17(23)5-8-20(19)29-2/h3-10,15H,11-14H2,1-2H3. The molecule has 0 bridgehead atoms. The molecule has 0 N–H and O–H groups in total. The van der Waals surface area contributed by atoms with Crippen LogP contribution in [-0.4, -0.2) is 53.6 Å². The van der Waals surface area contributed by atoms with Gasteiger partial charge in [0, 0.05) is 49.3 Å². The maximum Gasteiger partial charge on any atom is 0.257 e. The molecule has 1 saturated heterocycles. The van der Waals surface area contributed by atoms with E-state index in [9.17, 15) is 4.79 Å². The van der Waals surface area contributed by atoms with Gasteiger partial charge in [0.2, 0.25) is 5.95 Å². The molecule has 0 saturated carbocycles. The Morgan fingerprint density at radius 1 is 1.07 bits per heavy atom. The summed E-state index contributed by atoms with van der Waals surface area (Å²) in [6.07, 6.45) is 3.78. The second kappa shape index (κ2) is 8.17. The lowest BCUT2D eigenvalue weighted by Gasteiger charge is -2.35. The molecule has 0 unspecified atom stereocenters. The Labute approximate surface area is 175 Å². The van der Waals surface area contributed by atoms with Crippen molar-refractivity contribution in [2.45, 2.75) is 6.92 Å². The highest BCUT2D eigenvalue weighted by Crippen LogP contribution is 2.25. The van der Waals surface area contributed by atoms with Crippen molar-refractivity contribution in [3.8, 4) is 11.4 Å². The molecule has 1 aromatic heterocycles. The third kappa shape index (κ3) is 3.93. The fraction of sp³-hybridized carbons (Fsp3) is 0.273. The number of ether oxygens (including phenoxy) is 1. The van der Waals surface area contributed by atoms with Crippen molar-refractivity contribution < 1.29 is 9.53 Å². The van der Waals surface area contributed by atoms with E-state index in [-0.39, 0.29) is 5.91 Å². The van der Waals surface area contributed by atoms with E-state index in [1.54, 1.807) is 25.3 Å². The molecule has 6 nitrogen and oxygen atoms in total. The number of methoxy groups -OCH3 is 1. The average Bonchev–Trinajstić information content (AvgIpc) is 3.24. The molecule has 2 aromatic carbocycles. The Morgan fingerprint density at radius 2 is 1.79 bits per heavy atom. The van der Waals surface area contributed by atoms with Crippen molar-refractivity contribution in [1.29, 1.82) is 0 Å². The number of carbonyl (C=O) groups excluding carboxylic acids is 1. The molecule has 0 atom stereocenters. The van der Waals surface area contributed by atoms with Gasteiger partial charge in [-0.2, -0.15) is 0 Å². The number of carbonyl (C=O) groups is 1. The van der Waals surface area contributed by atoms with Gasteiger partial charge in [0.05, 0.1) is 12.7 Å². The minimum Gasteiger partial charge on any atom is -0.496 e. The zero-order chi connectivity index (χ0) is 20.4. The Kier molecular flexibility index (Phi) is 5.45. The van der Waals surface area contributed by atoms with E-state index < -0.39 is 0 Å². The molecule has 4 rings (SSSR count). The first kappa shape index (κ1) is 19.3. The van der Waals surface area contributed by atoms with Crippen molar-refractivity contribution in [3.05, 3.63) is 71.0 Å². The molecule has 29 heavy (non-hydrogen) atoms. The monoisotopic (exact) mass is 410 g/mol. The van der Waals surface area contributed by atoms with Gasteiger partial charge in [0.25, 0.3) is 5.91 Å². The summed E-state index contributed by atoms with van der Waals surface area (Å²) in [5, 5.41) is 0.521. The number of halogens is 1. The topological polar surface area (TPSA) is 50.6 Å². The van der Waals surface area contributed by atoms with Crippen LogP contribution in [-0.2, 0) is 0 Å². The van der Waals surface area contributed by atoms with Crippen LogP contribution in [0.5, 0.6) is 5.75 Å². The first-order valence-corrected chi connectivity index (χ1v) is 9.93. The Balaban J connectivity index is 1.48. The third-order valence-corrected chi connectivity index (χ3v) is 5.41. The van der Waals surface area contributed by atoms with E-state index in [0.29, 0.717) is 42.5 Å². The summed E-state index contributed by atoms with van der Waals surface area (Å²) in [7, 11) is 1.56. The Morgan fingerprint density at radius 3 is 2.48 bits per heavy atom. The fourth-order valence-corrected chi connectivity index (χ4v) is 3.74. The number of piperazine rings is 1. The van der Waals surface area contributed by atoms with E-state index in [1.807, 2.05) is 17.3 Å². The molecule has 7 heteroatoms. The number of aryl methyl sites for hydroxylation is 1. The molecule has 1 aliphatic heterocycles. The van der Waals surface area contributed by atoms with Gasteiger partial charge in [-0.15, -0.1) is 0 Å². The summed E-state index contributed by atoms with van der Waals surface area (Å²) in [4.78, 5) is 21.6. The fourth-order valence-electron chi connectivity index (χ4n) is 3.56. The largest absolute Gasteiger partial charge is 0.496 e. The summed E-state index contributed by atoms with van der Waals surface area (Å²) >= 11 is 6.09. The highest BCUT2D eigenvalue weighted by atomic mass is 35.5. The Hall–Kier alpha value is -2.99. The second-order valence-electron chi connectivity index (χ2n) is 7.06. The van der Waals surface area contributed by atoms with Gasteiger partial charge < -0.3 is 14.5 Å². The van der Waals surface area contributed by atoms with Crippen molar-refractivity contribution >= 4 is 23.5 Å². The van der Waals surface area contributed by atoms with Crippen molar-refractivity contribution in [1.82, 2.24) is 14.5 Å². The van der Waals surface area contributed by atoms with Gasteiger partial charge in [-0.05, 0) is 37.3 Å². The van der Waals surface area contributed by atoms with Crippen molar-refractivity contribution in [2.75, 3.05) is 38.2 Å². The van der Waals surface area contributed by atoms with E-state index in [2.05, 4.69) is 45.6 Å². The van der Waals surface area contributed by atoms with Crippen molar-refractivity contribution in [3.63, 3.8) is 0 Å². The molecular weight excluding hydrogens is 388 g/mol. The van der Waals surface area contributed by atoms with Crippen LogP contribution >= 0.6 is 11.6 Å².